The lowest BCUT2D eigenvalue weighted by atomic mass is 10.0. The van der Waals surface area contributed by atoms with E-state index in [-0.39, 0.29) is 30.0 Å². The van der Waals surface area contributed by atoms with E-state index in [1.54, 1.807) is 45.6 Å². The number of ether oxygens (including phenoxy) is 3. The van der Waals surface area contributed by atoms with Gasteiger partial charge in [-0.3, -0.25) is 9.59 Å². The van der Waals surface area contributed by atoms with Gasteiger partial charge in [-0.15, -0.1) is 0 Å². The van der Waals surface area contributed by atoms with Crippen LogP contribution in [0.1, 0.15) is 28.9 Å². The number of carbonyl (C=O) groups is 2. The highest BCUT2D eigenvalue weighted by Crippen LogP contribution is 2.33. The van der Waals surface area contributed by atoms with Crippen LogP contribution in [-0.4, -0.2) is 62.3 Å². The van der Waals surface area contributed by atoms with Crippen LogP contribution < -0.4 is 19.5 Å². The largest absolute Gasteiger partial charge is 0.497 e. The average molecular weight is 480 g/mol. The smallest absolute Gasteiger partial charge is 0.273 e. The van der Waals surface area contributed by atoms with Crippen LogP contribution in [0, 0.1) is 0 Å². The molecule has 184 valence electrons. The third-order valence-corrected chi connectivity index (χ3v) is 6.13. The maximum atomic E-state index is 12.8. The minimum atomic E-state index is -0.319. The molecule has 9 nitrogen and oxygen atoms in total. The molecule has 1 aliphatic heterocycles. The van der Waals surface area contributed by atoms with E-state index in [0.717, 1.165) is 5.56 Å². The van der Waals surface area contributed by atoms with Gasteiger partial charge >= 0.3 is 0 Å². The van der Waals surface area contributed by atoms with Crippen molar-refractivity contribution < 1.29 is 28.3 Å². The third kappa shape index (κ3) is 5.56. The van der Waals surface area contributed by atoms with Crippen molar-refractivity contribution in [3.63, 3.8) is 0 Å². The first-order valence-electron chi connectivity index (χ1n) is 11.4. The number of nitrogens with zero attached hydrogens (tertiary/aromatic N) is 2. The molecule has 0 spiro atoms. The van der Waals surface area contributed by atoms with Crippen LogP contribution in [0.15, 0.2) is 53.1 Å². The lowest BCUT2D eigenvalue weighted by Crippen LogP contribution is -2.47. The van der Waals surface area contributed by atoms with Crippen molar-refractivity contribution in [2.45, 2.75) is 25.3 Å². The van der Waals surface area contributed by atoms with Crippen LogP contribution in [0.25, 0.3) is 11.3 Å². The lowest BCUT2D eigenvalue weighted by Gasteiger charge is -2.32. The summed E-state index contributed by atoms with van der Waals surface area (Å²) < 4.78 is 21.4. The molecule has 0 radical (unpaired) electrons. The Morgan fingerprint density at radius 2 is 1.74 bits per heavy atom. The van der Waals surface area contributed by atoms with E-state index in [1.165, 1.54) is 0 Å². The molecule has 1 aliphatic rings. The maximum absolute atomic E-state index is 12.8. The van der Waals surface area contributed by atoms with Crippen molar-refractivity contribution >= 4 is 11.8 Å². The van der Waals surface area contributed by atoms with Gasteiger partial charge in [-0.2, -0.15) is 0 Å². The molecule has 1 fully saturated rings. The SMILES string of the molecule is COc1ccc(OC)c(-c2cc(C(=O)NC3CCN(C(=O)Cc4ccccc4OC)CC3)no2)c1. The Bertz CT molecular complexity index is 1180. The Kier molecular flexibility index (Phi) is 7.54. The third-order valence-electron chi connectivity index (χ3n) is 6.13. The first-order valence-corrected chi connectivity index (χ1v) is 11.4. The highest BCUT2D eigenvalue weighted by Gasteiger charge is 2.26. The van der Waals surface area contributed by atoms with Crippen LogP contribution >= 0.6 is 0 Å². The summed E-state index contributed by atoms with van der Waals surface area (Å²) in [5, 5.41) is 6.94. The molecule has 1 saturated heterocycles. The fourth-order valence-corrected chi connectivity index (χ4v) is 4.17. The monoisotopic (exact) mass is 479 g/mol. The number of amides is 2. The summed E-state index contributed by atoms with van der Waals surface area (Å²) in [4.78, 5) is 27.4. The Morgan fingerprint density at radius 3 is 2.46 bits per heavy atom. The standard InChI is InChI=1S/C26H29N3O6/c1-32-19-8-9-23(34-3)20(15-19)24-16-21(28-35-24)26(31)27-18-10-12-29(13-11-18)25(30)14-17-6-4-5-7-22(17)33-2/h4-9,15-16,18H,10-14H2,1-3H3,(H,27,31). The molecule has 0 atom stereocenters. The van der Waals surface area contributed by atoms with Crippen molar-refractivity contribution in [3.8, 4) is 28.6 Å². The van der Waals surface area contributed by atoms with E-state index in [9.17, 15) is 9.59 Å². The second kappa shape index (κ2) is 10.9. The fraction of sp³-hybridized carbons (Fsp3) is 0.346. The first kappa shape index (κ1) is 24.1. The number of benzene rings is 2. The van der Waals surface area contributed by atoms with Crippen molar-refractivity contribution in [1.29, 1.82) is 0 Å². The summed E-state index contributed by atoms with van der Waals surface area (Å²) in [7, 11) is 4.73. The van der Waals surface area contributed by atoms with Crippen LogP contribution in [0.4, 0.5) is 0 Å². The fourth-order valence-electron chi connectivity index (χ4n) is 4.17. The number of aromatic nitrogens is 1. The quantitative estimate of drug-likeness (QED) is 0.529. The van der Waals surface area contributed by atoms with Crippen molar-refractivity contribution in [2.24, 2.45) is 0 Å². The van der Waals surface area contributed by atoms with Crippen molar-refractivity contribution in [1.82, 2.24) is 15.4 Å². The van der Waals surface area contributed by atoms with Gasteiger partial charge in [0.1, 0.15) is 17.2 Å². The van der Waals surface area contributed by atoms with Gasteiger partial charge in [-0.25, -0.2) is 0 Å². The number of methoxy groups -OCH3 is 3. The minimum Gasteiger partial charge on any atom is -0.497 e. The van der Waals surface area contributed by atoms with E-state index in [1.807, 2.05) is 29.2 Å². The Labute approximate surface area is 203 Å². The Morgan fingerprint density at radius 1 is 1.00 bits per heavy atom. The summed E-state index contributed by atoms with van der Waals surface area (Å²) in [6.45, 7) is 1.15. The van der Waals surface area contributed by atoms with Gasteiger partial charge in [-0.05, 0) is 37.1 Å². The summed E-state index contributed by atoms with van der Waals surface area (Å²) in [6, 6.07) is 14.4. The molecule has 0 bridgehead atoms. The van der Waals surface area contributed by atoms with Gasteiger partial charge in [-0.1, -0.05) is 23.4 Å². The topological polar surface area (TPSA) is 103 Å². The number of piperidine rings is 1. The molecule has 1 aromatic heterocycles. The maximum Gasteiger partial charge on any atom is 0.273 e. The molecule has 2 aromatic carbocycles. The molecule has 1 N–H and O–H groups in total. The first-order chi connectivity index (χ1) is 17.0. The molecule has 0 aliphatic carbocycles. The second-order valence-corrected chi connectivity index (χ2v) is 8.26. The van der Waals surface area contributed by atoms with Crippen molar-refractivity contribution in [2.75, 3.05) is 34.4 Å². The minimum absolute atomic E-state index is 0.0488. The zero-order chi connectivity index (χ0) is 24.8. The average Bonchev–Trinajstić information content (AvgIpc) is 3.39. The second-order valence-electron chi connectivity index (χ2n) is 8.26. The molecule has 2 amide bonds. The molecule has 9 heteroatoms. The summed E-state index contributed by atoms with van der Waals surface area (Å²) in [5.41, 5.74) is 1.68. The van der Waals surface area contributed by atoms with Gasteiger partial charge in [0.25, 0.3) is 5.91 Å². The molecule has 3 aromatic rings. The highest BCUT2D eigenvalue weighted by molar-refractivity contribution is 5.93. The van der Waals surface area contributed by atoms with E-state index in [4.69, 9.17) is 18.7 Å². The van der Waals surface area contributed by atoms with Gasteiger partial charge in [0.15, 0.2) is 11.5 Å². The van der Waals surface area contributed by atoms with Gasteiger partial charge < -0.3 is 29.0 Å². The van der Waals surface area contributed by atoms with E-state index < -0.39 is 0 Å². The summed E-state index contributed by atoms with van der Waals surface area (Å²) >= 11 is 0. The molecular formula is C26H29N3O6. The summed E-state index contributed by atoms with van der Waals surface area (Å²) in [6.07, 6.45) is 1.62. The predicted molar refractivity (Wildman–Crippen MR) is 129 cm³/mol. The van der Waals surface area contributed by atoms with E-state index in [2.05, 4.69) is 10.5 Å². The number of rotatable bonds is 8. The zero-order valence-electron chi connectivity index (χ0n) is 20.1. The van der Waals surface area contributed by atoms with Crippen LogP contribution in [0.2, 0.25) is 0 Å². The zero-order valence-corrected chi connectivity index (χ0v) is 20.1. The molecular weight excluding hydrogens is 450 g/mol. The predicted octanol–water partition coefficient (Wildman–Crippen LogP) is 3.33. The number of hydrogen-bond donors (Lipinski definition) is 1. The van der Waals surface area contributed by atoms with Gasteiger partial charge in [0.05, 0.1) is 33.3 Å². The molecule has 0 saturated carbocycles. The Balaban J connectivity index is 1.33. The van der Waals surface area contributed by atoms with Gasteiger partial charge in [0, 0.05) is 30.8 Å². The lowest BCUT2D eigenvalue weighted by molar-refractivity contribution is -0.131. The van der Waals surface area contributed by atoms with Crippen LogP contribution in [0.3, 0.4) is 0 Å². The molecule has 2 heterocycles. The number of hydrogen-bond acceptors (Lipinski definition) is 7. The number of carbonyl (C=O) groups excluding carboxylic acids is 2. The van der Waals surface area contributed by atoms with E-state index >= 15 is 0 Å². The van der Waals surface area contributed by atoms with Crippen LogP contribution in [-0.2, 0) is 11.2 Å². The molecule has 4 rings (SSSR count). The highest BCUT2D eigenvalue weighted by atomic mass is 16.5. The molecule has 0 unspecified atom stereocenters. The van der Waals surface area contributed by atoms with Crippen LogP contribution in [0.5, 0.6) is 17.2 Å². The number of nitrogens with one attached hydrogen (secondary N) is 1. The normalized spacial score (nSPS) is 13.9. The van der Waals surface area contributed by atoms with Crippen molar-refractivity contribution in [3.05, 3.63) is 59.8 Å². The molecule has 35 heavy (non-hydrogen) atoms. The number of para-hydroxylation sites is 1. The number of likely N-dealkylation sites (tertiary alicyclic amines) is 1. The van der Waals surface area contributed by atoms with E-state index in [0.29, 0.717) is 54.5 Å². The van der Waals surface area contributed by atoms with Gasteiger partial charge in [0.2, 0.25) is 5.91 Å². The Hall–Kier alpha value is -4.01. The summed E-state index contributed by atoms with van der Waals surface area (Å²) in [5.74, 6) is 2.06.